The van der Waals surface area contributed by atoms with E-state index in [0.717, 1.165) is 12.1 Å². The van der Waals surface area contributed by atoms with Gasteiger partial charge in [0, 0.05) is 7.05 Å². The maximum absolute atomic E-state index is 13.2. The number of allylic oxidation sites excluding steroid dienone is 1. The summed E-state index contributed by atoms with van der Waals surface area (Å²) >= 11 is 0. The molecule has 1 aromatic rings. The number of likely N-dealkylation sites (N-methyl/N-ethyl adjacent to an activating group) is 1. The highest BCUT2D eigenvalue weighted by atomic mass is 19.1. The zero-order valence-electron chi connectivity index (χ0n) is 10.9. The number of phenols is 1. The Morgan fingerprint density at radius 2 is 1.90 bits per heavy atom. The van der Waals surface area contributed by atoms with Gasteiger partial charge in [0.15, 0.2) is 17.4 Å². The van der Waals surface area contributed by atoms with Crippen LogP contribution >= 0.6 is 0 Å². The van der Waals surface area contributed by atoms with Crippen LogP contribution in [0.4, 0.5) is 8.78 Å². The van der Waals surface area contributed by atoms with Gasteiger partial charge >= 0.3 is 0 Å². The third-order valence-corrected chi connectivity index (χ3v) is 2.76. The SMILES string of the molecule is C/C=C/C1=NC(=C\c2cc(F)c(O)c(F)c2)/C(=O)N1C. The number of hydrogen-bond acceptors (Lipinski definition) is 3. The van der Waals surface area contributed by atoms with E-state index in [4.69, 9.17) is 5.11 Å². The summed E-state index contributed by atoms with van der Waals surface area (Å²) in [5.74, 6) is -3.14. The Balaban J connectivity index is 2.44. The first-order valence-corrected chi connectivity index (χ1v) is 5.83. The average Bonchev–Trinajstić information content (AvgIpc) is 2.65. The highest BCUT2D eigenvalue weighted by Gasteiger charge is 2.25. The summed E-state index contributed by atoms with van der Waals surface area (Å²) in [6.45, 7) is 1.78. The lowest BCUT2D eigenvalue weighted by Gasteiger charge is -2.07. The molecule has 1 heterocycles. The summed E-state index contributed by atoms with van der Waals surface area (Å²) in [5.41, 5.74) is 0.185. The minimum Gasteiger partial charge on any atom is -0.503 e. The highest BCUT2D eigenvalue weighted by molar-refractivity contribution is 6.17. The quantitative estimate of drug-likeness (QED) is 0.845. The Labute approximate surface area is 114 Å². The number of halogens is 2. The Kier molecular flexibility index (Phi) is 3.65. The maximum Gasteiger partial charge on any atom is 0.277 e. The molecule has 0 aromatic heterocycles. The predicted octanol–water partition coefficient (Wildman–Crippen LogP) is 2.46. The number of nitrogens with zero attached hydrogens (tertiary/aromatic N) is 2. The van der Waals surface area contributed by atoms with E-state index >= 15 is 0 Å². The molecule has 0 unspecified atom stereocenters. The van der Waals surface area contributed by atoms with E-state index in [2.05, 4.69) is 4.99 Å². The molecule has 0 spiro atoms. The van der Waals surface area contributed by atoms with Gasteiger partial charge in [-0.15, -0.1) is 0 Å². The fourth-order valence-electron chi connectivity index (χ4n) is 1.74. The number of aliphatic imine (C=N–C) groups is 1. The van der Waals surface area contributed by atoms with Crippen LogP contribution in [0.5, 0.6) is 5.75 Å². The molecule has 4 nitrogen and oxygen atoms in total. The Morgan fingerprint density at radius 3 is 2.45 bits per heavy atom. The van der Waals surface area contributed by atoms with Crippen LogP contribution in [-0.2, 0) is 4.79 Å². The van der Waals surface area contributed by atoms with Crippen molar-refractivity contribution in [3.05, 3.63) is 47.2 Å². The number of carbonyl (C=O) groups excluding carboxylic acids is 1. The van der Waals surface area contributed by atoms with Crippen molar-refractivity contribution in [3.8, 4) is 5.75 Å². The minimum absolute atomic E-state index is 0.0742. The number of rotatable bonds is 2. The van der Waals surface area contributed by atoms with Crippen LogP contribution in [0.15, 0.2) is 35.0 Å². The number of aromatic hydroxyl groups is 1. The summed E-state index contributed by atoms with van der Waals surface area (Å²) in [6, 6.07) is 1.86. The van der Waals surface area contributed by atoms with Crippen LogP contribution in [0.2, 0.25) is 0 Å². The van der Waals surface area contributed by atoms with E-state index in [1.165, 1.54) is 11.0 Å². The third-order valence-electron chi connectivity index (χ3n) is 2.76. The standard InChI is InChI=1S/C14H12F2N2O2/c1-3-4-12-17-11(14(20)18(12)2)7-8-5-9(15)13(19)10(16)6-8/h3-7,19H,1-2H3/b4-3+,11-7-. The molecular weight excluding hydrogens is 266 g/mol. The van der Waals surface area contributed by atoms with Crippen LogP contribution in [0, 0.1) is 11.6 Å². The first-order chi connectivity index (χ1) is 9.43. The van der Waals surface area contributed by atoms with Gasteiger partial charge in [-0.05, 0) is 36.8 Å². The monoisotopic (exact) mass is 278 g/mol. The number of benzene rings is 1. The maximum atomic E-state index is 13.2. The molecule has 20 heavy (non-hydrogen) atoms. The normalized spacial score (nSPS) is 17.4. The van der Waals surface area contributed by atoms with Gasteiger partial charge in [0.1, 0.15) is 11.5 Å². The van der Waals surface area contributed by atoms with E-state index in [-0.39, 0.29) is 17.2 Å². The molecule has 0 radical (unpaired) electrons. The zero-order valence-corrected chi connectivity index (χ0v) is 10.9. The molecule has 1 aliphatic heterocycles. The van der Waals surface area contributed by atoms with E-state index in [0.29, 0.717) is 5.84 Å². The summed E-state index contributed by atoms with van der Waals surface area (Å²) < 4.78 is 26.4. The number of phenolic OH excluding ortho intramolecular Hbond substituents is 1. The second-order valence-corrected chi connectivity index (χ2v) is 4.20. The molecule has 6 heteroatoms. The second kappa shape index (κ2) is 5.24. The summed E-state index contributed by atoms with van der Waals surface area (Å²) in [6.07, 6.45) is 4.64. The van der Waals surface area contributed by atoms with Crippen LogP contribution < -0.4 is 0 Å². The van der Waals surface area contributed by atoms with Crippen molar-refractivity contribution in [2.24, 2.45) is 4.99 Å². The van der Waals surface area contributed by atoms with Crippen molar-refractivity contribution in [1.82, 2.24) is 4.90 Å². The van der Waals surface area contributed by atoms with Gasteiger partial charge in [-0.3, -0.25) is 9.69 Å². The molecule has 0 saturated heterocycles. The number of amidine groups is 1. The number of hydrogen-bond donors (Lipinski definition) is 1. The second-order valence-electron chi connectivity index (χ2n) is 4.20. The Morgan fingerprint density at radius 1 is 1.30 bits per heavy atom. The molecular formula is C14H12F2N2O2. The summed E-state index contributed by atoms with van der Waals surface area (Å²) in [5, 5.41) is 9.02. The van der Waals surface area contributed by atoms with Crippen molar-refractivity contribution in [1.29, 1.82) is 0 Å². The Bertz CT molecular complexity index is 640. The van der Waals surface area contributed by atoms with E-state index < -0.39 is 17.4 Å². The molecule has 1 amide bonds. The third kappa shape index (κ3) is 2.45. The molecule has 0 fully saturated rings. The van der Waals surface area contributed by atoms with Gasteiger partial charge in [0.25, 0.3) is 5.91 Å². The predicted molar refractivity (Wildman–Crippen MR) is 71.0 cm³/mol. The average molecular weight is 278 g/mol. The summed E-state index contributed by atoms with van der Waals surface area (Å²) in [4.78, 5) is 17.3. The largest absolute Gasteiger partial charge is 0.503 e. The molecule has 1 aromatic carbocycles. The fraction of sp³-hybridized carbons (Fsp3) is 0.143. The van der Waals surface area contributed by atoms with Crippen LogP contribution in [0.1, 0.15) is 12.5 Å². The van der Waals surface area contributed by atoms with E-state index in [1.807, 2.05) is 0 Å². The van der Waals surface area contributed by atoms with Crippen molar-refractivity contribution >= 4 is 17.8 Å². The highest BCUT2D eigenvalue weighted by Crippen LogP contribution is 2.24. The van der Waals surface area contributed by atoms with Crippen molar-refractivity contribution in [3.63, 3.8) is 0 Å². The molecule has 0 bridgehead atoms. The van der Waals surface area contributed by atoms with Gasteiger partial charge in [-0.25, -0.2) is 13.8 Å². The first kappa shape index (κ1) is 13.9. The first-order valence-electron chi connectivity index (χ1n) is 5.83. The van der Waals surface area contributed by atoms with Crippen LogP contribution in [-0.4, -0.2) is 28.8 Å². The fourth-order valence-corrected chi connectivity index (χ4v) is 1.74. The summed E-state index contributed by atoms with van der Waals surface area (Å²) in [7, 11) is 1.56. The van der Waals surface area contributed by atoms with Crippen molar-refractivity contribution in [2.45, 2.75) is 6.92 Å². The Hall–Kier alpha value is -2.50. The van der Waals surface area contributed by atoms with Gasteiger partial charge in [-0.1, -0.05) is 6.08 Å². The molecule has 1 aliphatic rings. The van der Waals surface area contributed by atoms with Gasteiger partial charge in [0.05, 0.1) is 0 Å². The molecule has 0 atom stereocenters. The number of carbonyl (C=O) groups is 1. The van der Waals surface area contributed by atoms with E-state index in [1.54, 1.807) is 26.1 Å². The molecule has 2 rings (SSSR count). The molecule has 1 N–H and O–H groups in total. The smallest absolute Gasteiger partial charge is 0.277 e. The minimum atomic E-state index is -1.09. The van der Waals surface area contributed by atoms with Crippen LogP contribution in [0.25, 0.3) is 6.08 Å². The molecule has 0 saturated carbocycles. The lowest BCUT2D eigenvalue weighted by atomic mass is 10.1. The molecule has 104 valence electrons. The van der Waals surface area contributed by atoms with Crippen molar-refractivity contribution < 1.29 is 18.7 Å². The zero-order chi connectivity index (χ0) is 14.9. The van der Waals surface area contributed by atoms with E-state index in [9.17, 15) is 13.6 Å². The van der Waals surface area contributed by atoms with Gasteiger partial charge in [0.2, 0.25) is 0 Å². The molecule has 0 aliphatic carbocycles. The topological polar surface area (TPSA) is 52.9 Å². The van der Waals surface area contributed by atoms with Crippen LogP contribution in [0.3, 0.4) is 0 Å². The van der Waals surface area contributed by atoms with Gasteiger partial charge in [-0.2, -0.15) is 0 Å². The van der Waals surface area contributed by atoms with Gasteiger partial charge < -0.3 is 5.11 Å². The number of amides is 1. The van der Waals surface area contributed by atoms with Crippen molar-refractivity contribution in [2.75, 3.05) is 7.05 Å². The lowest BCUT2D eigenvalue weighted by molar-refractivity contribution is -0.121. The lowest BCUT2D eigenvalue weighted by Crippen LogP contribution is -2.26.